The van der Waals surface area contributed by atoms with Crippen LogP contribution in [0.15, 0.2) is 18.2 Å². The second-order valence-electron chi connectivity index (χ2n) is 2.87. The molecule has 2 aromatic rings. The average Bonchev–Trinajstić information content (AvgIpc) is 2.45. The molecule has 0 saturated carbocycles. The van der Waals surface area contributed by atoms with Crippen molar-refractivity contribution in [3.63, 3.8) is 0 Å². The molecular weight excluding hydrogens is 237 g/mol. The van der Waals surface area contributed by atoms with Crippen LogP contribution in [0.5, 0.6) is 0 Å². The summed E-state index contributed by atoms with van der Waals surface area (Å²) in [4.78, 5) is 0. The highest BCUT2D eigenvalue weighted by Gasteiger charge is 2.05. The molecule has 0 aliphatic heterocycles. The van der Waals surface area contributed by atoms with E-state index >= 15 is 0 Å². The molecule has 0 spiro atoms. The summed E-state index contributed by atoms with van der Waals surface area (Å²) < 4.78 is 1.80. The van der Waals surface area contributed by atoms with Gasteiger partial charge in [-0.15, -0.1) is 11.3 Å². The van der Waals surface area contributed by atoms with Gasteiger partial charge in [-0.05, 0) is 29.1 Å². The molecule has 1 aromatic heterocycles. The van der Waals surface area contributed by atoms with Gasteiger partial charge in [0.1, 0.15) is 0 Å². The van der Waals surface area contributed by atoms with E-state index in [9.17, 15) is 0 Å². The van der Waals surface area contributed by atoms with Gasteiger partial charge in [0.2, 0.25) is 0 Å². The van der Waals surface area contributed by atoms with Crippen molar-refractivity contribution in [2.45, 2.75) is 6.42 Å². The molecule has 0 N–H and O–H groups in total. The zero-order chi connectivity index (χ0) is 10.1. The number of thiophene rings is 1. The van der Waals surface area contributed by atoms with E-state index in [0.717, 1.165) is 20.0 Å². The summed E-state index contributed by atoms with van der Waals surface area (Å²) in [6.45, 7) is 0. The Balaban J connectivity index is 2.65. The molecule has 70 valence electrons. The van der Waals surface area contributed by atoms with Crippen LogP contribution in [0.1, 0.15) is 5.56 Å². The summed E-state index contributed by atoms with van der Waals surface area (Å²) in [5.41, 5.74) is 0.858. The van der Waals surface area contributed by atoms with E-state index in [0.29, 0.717) is 11.4 Å². The number of fused-ring (bicyclic) bond motifs is 1. The summed E-state index contributed by atoms with van der Waals surface area (Å²) in [6, 6.07) is 7.75. The number of hydrogen-bond acceptors (Lipinski definition) is 2. The van der Waals surface area contributed by atoms with Crippen molar-refractivity contribution in [3.05, 3.63) is 33.1 Å². The maximum Gasteiger partial charge on any atom is 0.0940 e. The highest BCUT2D eigenvalue weighted by molar-refractivity contribution is 7.22. The molecule has 4 heteroatoms. The van der Waals surface area contributed by atoms with Gasteiger partial charge in [-0.3, -0.25) is 0 Å². The van der Waals surface area contributed by atoms with E-state index in [-0.39, 0.29) is 0 Å². The van der Waals surface area contributed by atoms with E-state index < -0.39 is 0 Å². The lowest BCUT2D eigenvalue weighted by Gasteiger charge is -1.98. The summed E-state index contributed by atoms with van der Waals surface area (Å²) in [5, 5.41) is 10.3. The Labute approximate surface area is 95.5 Å². The standard InChI is InChI=1S/C10H5Cl2NS/c11-8-5-9-7(4-10(12)14-9)3-6(8)1-2-13/h3-5H,1H2. The zero-order valence-electron chi connectivity index (χ0n) is 7.05. The highest BCUT2D eigenvalue weighted by Crippen LogP contribution is 2.33. The first-order valence-corrected chi connectivity index (χ1v) is 5.52. The number of nitrogens with zero attached hydrogens (tertiary/aromatic N) is 1. The summed E-state index contributed by atoms with van der Waals surface area (Å²) in [6.07, 6.45) is 0.336. The molecule has 1 nitrogen and oxygen atoms in total. The van der Waals surface area contributed by atoms with E-state index in [1.807, 2.05) is 18.2 Å². The predicted octanol–water partition coefficient (Wildman–Crippen LogP) is 4.27. The molecule has 1 heterocycles. The van der Waals surface area contributed by atoms with Crippen molar-refractivity contribution in [1.29, 1.82) is 5.26 Å². The van der Waals surface area contributed by atoms with Crippen LogP contribution < -0.4 is 0 Å². The normalized spacial score (nSPS) is 10.4. The molecule has 0 radical (unpaired) electrons. The Hall–Kier alpha value is -0.750. The van der Waals surface area contributed by atoms with Gasteiger partial charge in [-0.2, -0.15) is 5.26 Å². The van der Waals surface area contributed by atoms with Crippen LogP contribution in [-0.4, -0.2) is 0 Å². The highest BCUT2D eigenvalue weighted by atomic mass is 35.5. The van der Waals surface area contributed by atoms with Crippen LogP contribution >= 0.6 is 34.5 Å². The number of halogens is 2. The first-order chi connectivity index (χ1) is 6.70. The van der Waals surface area contributed by atoms with E-state index in [1.54, 1.807) is 0 Å². The van der Waals surface area contributed by atoms with Crippen LogP contribution in [0.2, 0.25) is 9.36 Å². The van der Waals surface area contributed by atoms with Gasteiger partial charge < -0.3 is 0 Å². The monoisotopic (exact) mass is 241 g/mol. The molecule has 14 heavy (non-hydrogen) atoms. The van der Waals surface area contributed by atoms with Gasteiger partial charge in [0.15, 0.2) is 0 Å². The van der Waals surface area contributed by atoms with E-state index in [2.05, 4.69) is 6.07 Å². The molecule has 1 aromatic carbocycles. The first-order valence-electron chi connectivity index (χ1n) is 3.95. The molecule has 0 atom stereocenters. The van der Waals surface area contributed by atoms with Crippen LogP contribution in [0, 0.1) is 11.3 Å². The second-order valence-corrected chi connectivity index (χ2v) is 4.99. The SMILES string of the molecule is N#CCc1cc2cc(Cl)sc2cc1Cl. The maximum atomic E-state index is 8.59. The molecule has 0 bridgehead atoms. The summed E-state index contributed by atoms with van der Waals surface area (Å²) in [7, 11) is 0. The fraction of sp³-hybridized carbons (Fsp3) is 0.100. The third kappa shape index (κ3) is 1.72. The van der Waals surface area contributed by atoms with Crippen molar-refractivity contribution < 1.29 is 0 Å². The molecule has 0 unspecified atom stereocenters. The minimum Gasteiger partial charge on any atom is -0.198 e. The van der Waals surface area contributed by atoms with E-state index in [4.69, 9.17) is 28.5 Å². The fourth-order valence-electron chi connectivity index (χ4n) is 1.30. The van der Waals surface area contributed by atoms with Gasteiger partial charge in [-0.25, -0.2) is 0 Å². The molecule has 0 fully saturated rings. The number of benzene rings is 1. The topological polar surface area (TPSA) is 23.8 Å². The van der Waals surface area contributed by atoms with Crippen LogP contribution in [0.3, 0.4) is 0 Å². The Bertz CT molecular complexity index is 525. The molecule has 0 aliphatic rings. The van der Waals surface area contributed by atoms with Crippen LogP contribution in [0.25, 0.3) is 10.1 Å². The van der Waals surface area contributed by atoms with Crippen molar-refractivity contribution in [2.24, 2.45) is 0 Å². The second kappa shape index (κ2) is 3.78. The largest absolute Gasteiger partial charge is 0.198 e. The van der Waals surface area contributed by atoms with Crippen molar-refractivity contribution in [3.8, 4) is 6.07 Å². The molecule has 0 saturated heterocycles. The van der Waals surface area contributed by atoms with Gasteiger partial charge in [0.05, 0.1) is 16.8 Å². The molecule has 2 rings (SSSR count). The molecule has 0 aliphatic carbocycles. The molecule has 0 amide bonds. The smallest absolute Gasteiger partial charge is 0.0940 e. The number of rotatable bonds is 1. The Morgan fingerprint density at radius 3 is 2.79 bits per heavy atom. The Morgan fingerprint density at radius 2 is 2.07 bits per heavy atom. The predicted molar refractivity (Wildman–Crippen MR) is 61.2 cm³/mol. The summed E-state index contributed by atoms with van der Waals surface area (Å²) >= 11 is 13.4. The van der Waals surface area contributed by atoms with Crippen molar-refractivity contribution >= 4 is 44.6 Å². The number of nitriles is 1. The van der Waals surface area contributed by atoms with Gasteiger partial charge in [-0.1, -0.05) is 23.2 Å². The lowest BCUT2D eigenvalue weighted by Crippen LogP contribution is -1.82. The lowest BCUT2D eigenvalue weighted by atomic mass is 10.1. The third-order valence-corrected chi connectivity index (χ3v) is 3.50. The quantitative estimate of drug-likeness (QED) is 0.732. The average molecular weight is 242 g/mol. The van der Waals surface area contributed by atoms with Crippen LogP contribution in [0.4, 0.5) is 0 Å². The summed E-state index contributed by atoms with van der Waals surface area (Å²) in [5.74, 6) is 0. The van der Waals surface area contributed by atoms with Crippen molar-refractivity contribution in [2.75, 3.05) is 0 Å². The minimum atomic E-state index is 0.336. The van der Waals surface area contributed by atoms with E-state index in [1.165, 1.54) is 11.3 Å². The fourth-order valence-corrected chi connectivity index (χ4v) is 2.77. The Morgan fingerprint density at radius 1 is 1.29 bits per heavy atom. The first kappa shape index (κ1) is 9.79. The van der Waals surface area contributed by atoms with Gasteiger partial charge in [0, 0.05) is 9.72 Å². The minimum absolute atomic E-state index is 0.336. The lowest BCUT2D eigenvalue weighted by molar-refractivity contribution is 1.27. The Kier molecular flexibility index (Phi) is 2.64. The van der Waals surface area contributed by atoms with Crippen molar-refractivity contribution in [1.82, 2.24) is 0 Å². The maximum absolute atomic E-state index is 8.59. The molecular formula is C10H5Cl2NS. The third-order valence-electron chi connectivity index (χ3n) is 1.92. The van der Waals surface area contributed by atoms with Crippen LogP contribution in [-0.2, 0) is 6.42 Å². The number of hydrogen-bond donors (Lipinski definition) is 0. The van der Waals surface area contributed by atoms with Gasteiger partial charge >= 0.3 is 0 Å². The zero-order valence-corrected chi connectivity index (χ0v) is 9.38. The van der Waals surface area contributed by atoms with Gasteiger partial charge in [0.25, 0.3) is 0 Å².